The van der Waals surface area contributed by atoms with Gasteiger partial charge in [0.25, 0.3) is 5.91 Å². The monoisotopic (exact) mass is 514 g/mol. The summed E-state index contributed by atoms with van der Waals surface area (Å²) in [4.78, 5) is 55.1. The lowest BCUT2D eigenvalue weighted by molar-refractivity contribution is -0.137. The first-order valence-corrected chi connectivity index (χ1v) is 13.7. The fourth-order valence-electron chi connectivity index (χ4n) is 5.51. The summed E-state index contributed by atoms with van der Waals surface area (Å²) in [6.07, 6.45) is 8.91. The van der Waals surface area contributed by atoms with Crippen LogP contribution in [0.5, 0.6) is 5.88 Å². The van der Waals surface area contributed by atoms with Crippen molar-refractivity contribution in [3.05, 3.63) is 17.1 Å². The molecule has 1 aromatic heterocycles. The number of rotatable bonds is 7. The molecule has 0 bridgehead atoms. The van der Waals surface area contributed by atoms with Crippen molar-refractivity contribution in [2.45, 2.75) is 70.4 Å². The van der Waals surface area contributed by atoms with Crippen LogP contribution in [0, 0.1) is 5.92 Å². The second-order valence-corrected chi connectivity index (χ2v) is 11.0. The van der Waals surface area contributed by atoms with E-state index in [4.69, 9.17) is 14.7 Å². The van der Waals surface area contributed by atoms with Crippen molar-refractivity contribution in [3.8, 4) is 5.88 Å². The van der Waals surface area contributed by atoms with E-state index in [1.807, 2.05) is 4.90 Å². The zero-order valence-corrected chi connectivity index (χ0v) is 22.9. The van der Waals surface area contributed by atoms with Crippen molar-refractivity contribution in [3.63, 3.8) is 0 Å². The second-order valence-electron chi connectivity index (χ2n) is 11.0. The summed E-state index contributed by atoms with van der Waals surface area (Å²) in [5.74, 6) is 1.24. The Kier molecular flexibility index (Phi) is 9.00. The topological polar surface area (TPSA) is 99.2 Å². The molecule has 3 aliphatic rings. The van der Waals surface area contributed by atoms with Crippen LogP contribution in [0.25, 0.3) is 0 Å². The molecule has 4 rings (SSSR count). The highest BCUT2D eigenvalue weighted by atomic mass is 16.5. The third kappa shape index (κ3) is 6.58. The molecule has 10 heteroatoms. The average molecular weight is 515 g/mol. The smallest absolute Gasteiger partial charge is 0.260 e. The summed E-state index contributed by atoms with van der Waals surface area (Å²) in [5.41, 5.74) is 1.69. The van der Waals surface area contributed by atoms with Crippen LogP contribution in [-0.4, -0.2) is 102 Å². The molecule has 10 nitrogen and oxygen atoms in total. The molecule has 204 valence electrons. The van der Waals surface area contributed by atoms with Gasteiger partial charge in [0, 0.05) is 47.1 Å². The average Bonchev–Trinajstić information content (AvgIpc) is 2.91. The fraction of sp³-hybridized carbons (Fsp3) is 0.741. The molecule has 0 radical (unpaired) electrons. The SMILES string of the molecule is CN(C)C(=O)COc1nc([C@@H]2CCCCN2CC(=O)N(C)C)nc2c1CN(C(=O)C1CCCCC1)CC2. The van der Waals surface area contributed by atoms with E-state index in [9.17, 15) is 14.4 Å². The van der Waals surface area contributed by atoms with Crippen molar-refractivity contribution >= 4 is 17.7 Å². The molecule has 1 atom stereocenters. The third-order valence-electron chi connectivity index (χ3n) is 7.89. The molecule has 0 unspecified atom stereocenters. The molecule has 1 aliphatic carbocycles. The number of likely N-dealkylation sites (tertiary alicyclic amines) is 1. The van der Waals surface area contributed by atoms with E-state index >= 15 is 0 Å². The molecule has 2 fully saturated rings. The Morgan fingerprint density at radius 2 is 1.59 bits per heavy atom. The van der Waals surface area contributed by atoms with Crippen LogP contribution in [0.3, 0.4) is 0 Å². The number of ether oxygens (including phenoxy) is 1. The quantitative estimate of drug-likeness (QED) is 0.549. The Bertz CT molecular complexity index is 991. The number of aromatic nitrogens is 2. The molecule has 1 saturated heterocycles. The van der Waals surface area contributed by atoms with E-state index in [2.05, 4.69) is 4.90 Å². The maximum atomic E-state index is 13.3. The highest BCUT2D eigenvalue weighted by molar-refractivity contribution is 5.79. The van der Waals surface area contributed by atoms with Gasteiger partial charge in [-0.25, -0.2) is 4.98 Å². The molecule has 1 aromatic rings. The normalized spacial score (nSPS) is 20.8. The lowest BCUT2D eigenvalue weighted by Crippen LogP contribution is -2.43. The number of likely N-dealkylation sites (N-methyl/N-ethyl adjacent to an activating group) is 2. The molecule has 3 heterocycles. The Balaban J connectivity index is 1.61. The van der Waals surface area contributed by atoms with Crippen molar-refractivity contribution in [1.82, 2.24) is 29.6 Å². The zero-order chi connectivity index (χ0) is 26.5. The predicted octanol–water partition coefficient (Wildman–Crippen LogP) is 2.02. The Hall–Kier alpha value is -2.75. The first-order chi connectivity index (χ1) is 17.7. The summed E-state index contributed by atoms with van der Waals surface area (Å²) >= 11 is 0. The first kappa shape index (κ1) is 27.3. The third-order valence-corrected chi connectivity index (χ3v) is 7.89. The fourth-order valence-corrected chi connectivity index (χ4v) is 5.51. The highest BCUT2D eigenvalue weighted by Gasteiger charge is 2.34. The van der Waals surface area contributed by atoms with Gasteiger partial charge in [0.1, 0.15) is 5.82 Å². The van der Waals surface area contributed by atoms with Crippen LogP contribution < -0.4 is 4.74 Å². The van der Waals surface area contributed by atoms with Gasteiger partial charge in [-0.05, 0) is 32.2 Å². The molecule has 37 heavy (non-hydrogen) atoms. The van der Waals surface area contributed by atoms with Crippen LogP contribution in [-0.2, 0) is 27.3 Å². The summed E-state index contributed by atoms with van der Waals surface area (Å²) in [6.45, 7) is 2.03. The van der Waals surface area contributed by atoms with Crippen LogP contribution in [0.4, 0.5) is 0 Å². The minimum atomic E-state index is -0.157. The van der Waals surface area contributed by atoms with E-state index in [-0.39, 0.29) is 36.3 Å². The van der Waals surface area contributed by atoms with Gasteiger partial charge in [0.15, 0.2) is 6.61 Å². The summed E-state index contributed by atoms with van der Waals surface area (Å²) in [5, 5.41) is 0. The standard InChI is InChI=1S/C27H42N6O4/c1-30(2)23(34)17-32-14-9-8-12-22(32)25-28-21-13-15-33(27(36)19-10-6-5-7-11-19)16-20(21)26(29-25)37-18-24(35)31(3)4/h19,22H,5-18H2,1-4H3/t22-/m0/s1. The molecule has 1 saturated carbocycles. The van der Waals surface area contributed by atoms with Gasteiger partial charge in [-0.2, -0.15) is 4.98 Å². The van der Waals surface area contributed by atoms with Gasteiger partial charge < -0.3 is 19.4 Å². The lowest BCUT2D eigenvalue weighted by atomic mass is 9.87. The molecule has 3 amide bonds. The Morgan fingerprint density at radius 1 is 0.892 bits per heavy atom. The number of fused-ring (bicyclic) bond motifs is 1. The molecular formula is C27H42N6O4. The number of hydrogen-bond acceptors (Lipinski definition) is 7. The molecule has 0 N–H and O–H groups in total. The number of amides is 3. The summed E-state index contributed by atoms with van der Waals surface area (Å²) in [7, 11) is 6.92. The Labute approximate surface area is 220 Å². The largest absolute Gasteiger partial charge is 0.467 e. The van der Waals surface area contributed by atoms with E-state index in [1.165, 1.54) is 11.3 Å². The first-order valence-electron chi connectivity index (χ1n) is 13.7. The minimum absolute atomic E-state index is 0.0507. The van der Waals surface area contributed by atoms with E-state index in [0.717, 1.165) is 62.7 Å². The number of hydrogen-bond donors (Lipinski definition) is 0. The van der Waals surface area contributed by atoms with Crippen LogP contribution in [0.1, 0.15) is 74.5 Å². The summed E-state index contributed by atoms with van der Waals surface area (Å²) < 4.78 is 6.01. The number of nitrogens with zero attached hydrogens (tertiary/aromatic N) is 6. The van der Waals surface area contributed by atoms with Crippen molar-refractivity contribution in [1.29, 1.82) is 0 Å². The van der Waals surface area contributed by atoms with Gasteiger partial charge in [-0.3, -0.25) is 19.3 Å². The molecule has 2 aliphatic heterocycles. The lowest BCUT2D eigenvalue weighted by Gasteiger charge is -2.36. The predicted molar refractivity (Wildman–Crippen MR) is 139 cm³/mol. The van der Waals surface area contributed by atoms with Gasteiger partial charge in [-0.15, -0.1) is 0 Å². The zero-order valence-electron chi connectivity index (χ0n) is 22.9. The summed E-state index contributed by atoms with van der Waals surface area (Å²) in [6, 6.07) is -0.0863. The van der Waals surface area contributed by atoms with E-state index in [1.54, 1.807) is 33.1 Å². The minimum Gasteiger partial charge on any atom is -0.467 e. The molecule has 0 spiro atoms. The van der Waals surface area contributed by atoms with Gasteiger partial charge in [0.2, 0.25) is 17.7 Å². The van der Waals surface area contributed by atoms with Crippen molar-refractivity contribution in [2.75, 3.05) is 54.4 Å². The van der Waals surface area contributed by atoms with Crippen molar-refractivity contribution < 1.29 is 19.1 Å². The number of carbonyl (C=O) groups is 3. The van der Waals surface area contributed by atoms with Gasteiger partial charge in [0.05, 0.1) is 30.4 Å². The van der Waals surface area contributed by atoms with Crippen LogP contribution in [0.2, 0.25) is 0 Å². The van der Waals surface area contributed by atoms with Crippen LogP contribution >= 0.6 is 0 Å². The Morgan fingerprint density at radius 3 is 2.30 bits per heavy atom. The van der Waals surface area contributed by atoms with Gasteiger partial charge >= 0.3 is 0 Å². The molecular weight excluding hydrogens is 472 g/mol. The van der Waals surface area contributed by atoms with E-state index < -0.39 is 0 Å². The maximum absolute atomic E-state index is 13.3. The highest BCUT2D eigenvalue weighted by Crippen LogP contribution is 2.34. The number of carbonyl (C=O) groups excluding carboxylic acids is 3. The maximum Gasteiger partial charge on any atom is 0.260 e. The van der Waals surface area contributed by atoms with E-state index in [0.29, 0.717) is 37.8 Å². The second kappa shape index (κ2) is 12.2. The van der Waals surface area contributed by atoms with Crippen LogP contribution in [0.15, 0.2) is 0 Å². The molecule has 0 aromatic carbocycles. The number of piperidine rings is 1. The van der Waals surface area contributed by atoms with Gasteiger partial charge in [-0.1, -0.05) is 25.7 Å². The van der Waals surface area contributed by atoms with Crippen molar-refractivity contribution in [2.24, 2.45) is 5.92 Å².